The first-order chi connectivity index (χ1) is 51.3. The van der Waals surface area contributed by atoms with Crippen molar-refractivity contribution in [1.82, 2.24) is 39.9 Å². The zero-order valence-corrected chi connectivity index (χ0v) is 71.4. The topological polar surface area (TPSA) is 420 Å². The van der Waals surface area contributed by atoms with Crippen LogP contribution in [-0.4, -0.2) is 147 Å². The van der Waals surface area contributed by atoms with Crippen molar-refractivity contribution in [2.24, 2.45) is 5.73 Å². The summed E-state index contributed by atoms with van der Waals surface area (Å²) < 4.78 is 40.3. The number of ether oxygens (including phenoxy) is 6. The van der Waals surface area contributed by atoms with Crippen LogP contribution in [0.3, 0.4) is 0 Å². The molecule has 4 aromatic carbocycles. The van der Waals surface area contributed by atoms with Crippen LogP contribution in [0.15, 0.2) is 72.8 Å². The molecule has 0 amide bonds. The number of halogens is 4. The second kappa shape index (κ2) is 60.4. The Labute approximate surface area is 723 Å². The number of benzene rings is 4. The van der Waals surface area contributed by atoms with Crippen LogP contribution in [0, 0.1) is 39.5 Å². The zero-order chi connectivity index (χ0) is 80.1. The summed E-state index contributed by atoms with van der Waals surface area (Å²) >= 11 is 12.1. The van der Waals surface area contributed by atoms with Gasteiger partial charge in [0.1, 0.15) is 45.6 Å². The number of aromatic nitrogens is 8. The number of nitrogens with two attached hydrogens (primary N) is 5. The number of methoxy groups -OCH3 is 6. The summed E-state index contributed by atoms with van der Waals surface area (Å²) in [6.45, 7) is 24.2. The van der Waals surface area contributed by atoms with Crippen molar-refractivity contribution in [3.63, 3.8) is 0 Å². The van der Waals surface area contributed by atoms with Crippen LogP contribution in [0.2, 0.25) is 5.15 Å². The van der Waals surface area contributed by atoms with Gasteiger partial charge in [-0.2, -0.15) is 15.0 Å². The molecule has 0 spiro atoms. The van der Waals surface area contributed by atoms with Crippen LogP contribution in [0.1, 0.15) is 187 Å². The van der Waals surface area contributed by atoms with Crippen LogP contribution in [0.4, 0.5) is 41.2 Å². The van der Waals surface area contributed by atoms with E-state index in [1.54, 1.807) is 71.8 Å². The average Bonchev–Trinajstić information content (AvgIpc) is 0.836. The van der Waals surface area contributed by atoms with Crippen molar-refractivity contribution in [1.29, 1.82) is 5.26 Å². The van der Waals surface area contributed by atoms with Gasteiger partial charge in [0, 0.05) is 118 Å². The zero-order valence-electron chi connectivity index (χ0n) is 66.6. The van der Waals surface area contributed by atoms with Gasteiger partial charge in [0.25, 0.3) is 0 Å². The Morgan fingerprint density at radius 2 is 0.784 bits per heavy atom. The molecule has 14 N–H and O–H groups in total. The fourth-order valence-electron chi connectivity index (χ4n) is 10.3. The Hall–Kier alpha value is -7.21. The van der Waals surface area contributed by atoms with Crippen molar-refractivity contribution < 1.29 is 97.2 Å². The number of alkyl halides is 1. The summed E-state index contributed by atoms with van der Waals surface area (Å²) in [5.74, 6) is 5.81. The minimum absolute atomic E-state index is 0. The van der Waals surface area contributed by atoms with Gasteiger partial charge in [-0.1, -0.05) is 90.6 Å². The maximum Gasteiger partial charge on any atom is 1.00 e. The molecule has 0 radical (unpaired) electrons. The van der Waals surface area contributed by atoms with E-state index in [1.165, 1.54) is 27.1 Å². The van der Waals surface area contributed by atoms with E-state index in [0.29, 0.717) is 65.7 Å². The third-order valence-electron chi connectivity index (χ3n) is 15.8. The number of carbonyl (C=O) groups excluding carboxylic acids is 2. The number of nitrogen functional groups attached to an aromatic ring is 4. The van der Waals surface area contributed by atoms with Gasteiger partial charge in [0.15, 0.2) is 17.4 Å². The Balaban J connectivity index is -0.000000654. The molecule has 111 heavy (non-hydrogen) atoms. The summed E-state index contributed by atoms with van der Waals surface area (Å²) in [4.78, 5) is 57.6. The average molecular weight is 1650 g/mol. The Morgan fingerprint density at radius 3 is 1.05 bits per heavy atom. The van der Waals surface area contributed by atoms with Crippen molar-refractivity contribution in [3.05, 3.63) is 174 Å². The number of aryl methyl sites for hydroxylation is 4. The van der Waals surface area contributed by atoms with E-state index in [1.807, 2.05) is 51.1 Å². The molecule has 0 aliphatic heterocycles. The maximum atomic E-state index is 11.9. The van der Waals surface area contributed by atoms with E-state index in [-0.39, 0.29) is 116 Å². The summed E-state index contributed by atoms with van der Waals surface area (Å²) in [5.41, 5.74) is 41.5. The molecule has 27 nitrogen and oxygen atoms in total. The molecule has 0 saturated carbocycles. The minimum atomic E-state index is -1.67. The Bertz CT molecular complexity index is 4000. The second-order valence-corrected chi connectivity index (χ2v) is 26.6. The quantitative estimate of drug-likeness (QED) is 0.00402. The van der Waals surface area contributed by atoms with Crippen molar-refractivity contribution in [2.45, 2.75) is 152 Å². The van der Waals surface area contributed by atoms with Crippen molar-refractivity contribution >= 4 is 124 Å². The number of hydrogen-bond donors (Lipinski definition) is 9. The number of aliphatic hydroxyl groups is 1. The molecule has 600 valence electrons. The first kappa shape index (κ1) is 108. The second-order valence-electron chi connectivity index (χ2n) is 23.4. The van der Waals surface area contributed by atoms with Gasteiger partial charge in [0.05, 0.1) is 60.4 Å². The summed E-state index contributed by atoms with van der Waals surface area (Å²) in [5, 5.41) is 26.0. The number of esters is 2. The molecule has 0 bridgehead atoms. The van der Waals surface area contributed by atoms with E-state index < -0.39 is 15.2 Å². The molecule has 0 fully saturated rings. The van der Waals surface area contributed by atoms with Gasteiger partial charge in [-0.25, -0.2) is 38.7 Å². The molecule has 4 heterocycles. The van der Waals surface area contributed by atoms with Gasteiger partial charge in [0.2, 0.25) is 33.0 Å². The molecule has 0 unspecified atom stereocenters. The number of nitrogens with one attached hydrogen (secondary N) is 3. The predicted octanol–water partition coefficient (Wildman–Crippen LogP) is 7.42. The Morgan fingerprint density at radius 1 is 0.505 bits per heavy atom. The van der Waals surface area contributed by atoms with Crippen molar-refractivity contribution in [2.75, 3.05) is 108 Å². The molecular formula is C76H112AlCl4LiN17NaO10S. The first-order valence-electron chi connectivity index (χ1n) is 34.3. The number of rotatable bonds is 30. The maximum absolute atomic E-state index is 11.9. The van der Waals surface area contributed by atoms with Gasteiger partial charge in [-0.05, 0) is 148 Å². The predicted molar refractivity (Wildman–Crippen MR) is 448 cm³/mol. The van der Waals surface area contributed by atoms with Crippen molar-refractivity contribution in [3.8, 4) is 23.0 Å². The molecule has 8 rings (SSSR count). The molecule has 0 aliphatic rings. The molecule has 0 saturated heterocycles. The van der Waals surface area contributed by atoms with Crippen LogP contribution in [0.5, 0.6) is 23.0 Å². The third-order valence-corrected chi connectivity index (χ3v) is 16.4. The summed E-state index contributed by atoms with van der Waals surface area (Å²) in [6, 6.07) is 21.9. The molecule has 35 heteroatoms. The van der Waals surface area contributed by atoms with E-state index in [2.05, 4.69) is 111 Å². The fourth-order valence-corrected chi connectivity index (χ4v) is 10.7. The number of aliphatic hydroxyl groups excluding tert-OH is 1. The molecular weight excluding hydrogens is 1540 g/mol. The van der Waals surface area contributed by atoms with Gasteiger partial charge < -0.3 is 91.4 Å². The van der Waals surface area contributed by atoms with E-state index in [0.717, 1.165) is 161 Å². The van der Waals surface area contributed by atoms with Crippen LogP contribution in [0.25, 0.3) is 0 Å². The fraction of sp³-hybridized carbons (Fsp3) is 0.434. The number of hydrogen-bond acceptors (Lipinski definition) is 27. The van der Waals surface area contributed by atoms with E-state index in [4.69, 9.17) is 96.3 Å². The number of carbonyl (C=O) groups is 2. The largest absolute Gasteiger partial charge is 1.00 e. The van der Waals surface area contributed by atoms with Crippen LogP contribution in [-0.2, 0) is 56.9 Å². The Kier molecular flexibility index (Phi) is 58.7. The summed E-state index contributed by atoms with van der Waals surface area (Å²) in [6.07, 6.45) is 11.1. The van der Waals surface area contributed by atoms with E-state index in [9.17, 15) is 14.7 Å². The van der Waals surface area contributed by atoms with Gasteiger partial charge >= 0.3 is 60.4 Å². The normalized spacial score (nSPS) is 9.83. The molecule has 0 aliphatic carbocycles. The summed E-state index contributed by atoms with van der Waals surface area (Å²) in [7, 11) is 16.5. The molecule has 8 aromatic rings. The van der Waals surface area contributed by atoms with Crippen LogP contribution < -0.4 is 112 Å². The standard InChI is InChI=1S/C19H26N4O3.C18H25ClN4O.C18H26N4O2.C15H16ClN3O3.C4H11N.CN.CH4.Al.Cl2OS.Li.Na.4H/c1-5-6-9-21-17-15(12(2)22-19(20)23-17)11-14-10-13(18(24)26-4)7-8-16(14)25-3;1-4-5-8-21-17-15(12(2)22-18(20)23-17)10-14-9-13(11-19)6-7-16(14)24-3;1-4-5-8-20-17-15(12(2)21-18(19)22-17)10-14-9-13(11-23)6-7-16(14)24-3;1-8-11(13(16)19-15(17)18-8)7-10-6-9(14(20)22-3)4-5-12(10)21-2;1-2-3-4-5;1-2;;;1-4(2)3;;;;;;/h7-8,10H,5-6,9,11H2,1-4H3,(H3,20,21,22,23);6-7,9H,4-5,8,10-11H2,1-3H3,(H3,20,21,22,23);6-7,9,23H,4-5,8,10-11H2,1-3H3,(H3,19,20,21,22);4-6H,7H2,1-3H3,(H2,17,18,19);2-5H2,1H3;;1H4;;;;;;;;/q;;;;;-1;;;;2*+1;;;;-1. The van der Waals surface area contributed by atoms with Gasteiger partial charge in [-0.3, -0.25) is 0 Å². The number of anilines is 7. The minimum Gasteiger partial charge on any atom is -1.00 e. The van der Waals surface area contributed by atoms with Gasteiger partial charge in [-0.15, -0.1) is 11.6 Å². The molecule has 0 atom stereocenters. The smallest absolute Gasteiger partial charge is 1.00 e. The number of unbranched alkanes of at least 4 members (excludes halogenated alkanes) is 4. The number of nitrogens with zero attached hydrogens (tertiary/aromatic N) is 9. The first-order valence-corrected chi connectivity index (χ1v) is 38.0. The third kappa shape index (κ3) is 38.0. The monoisotopic (exact) mass is 1650 g/mol. The van der Waals surface area contributed by atoms with Crippen LogP contribution >= 0.6 is 44.6 Å². The van der Waals surface area contributed by atoms with E-state index >= 15 is 0 Å². The molecule has 4 aromatic heterocycles. The SMILES string of the molecule is C.CCCCN.CCCCNc1nc(N)nc(C)c1Cc1cc(C(=O)OC)ccc1OC.CCCCNc1nc(N)nc(C)c1Cc1cc(CCl)ccc1OC.CCCCNc1nc(N)nc(C)c1Cc1cc(CO)ccc1OC.COC(=O)c1ccc(OC)c(Cc2c(C)nc(N)nc2Cl)c1.O=S(Cl)Cl.[AlH3].[C-]#N.[H-].[Li+].[Na+].